The van der Waals surface area contributed by atoms with E-state index in [4.69, 9.17) is 23.1 Å². The molecule has 3 heterocycles. The van der Waals surface area contributed by atoms with Crippen molar-refractivity contribution < 1.29 is 32.7 Å². The second kappa shape index (κ2) is 17.3. The largest absolute Gasteiger partial charge is 0.458 e. The molecule has 50 heavy (non-hydrogen) atoms. The van der Waals surface area contributed by atoms with Crippen LogP contribution >= 0.6 is 0 Å². The summed E-state index contributed by atoms with van der Waals surface area (Å²) in [5, 5.41) is 0.127. The smallest absolute Gasteiger partial charge is 0.331 e. The second-order valence-electron chi connectivity index (χ2n) is 18.0. The van der Waals surface area contributed by atoms with Crippen molar-refractivity contribution in [3.8, 4) is 0 Å². The third-order valence-corrected chi connectivity index (χ3v) is 20.9. The monoisotopic (exact) mass is 728 g/mol. The van der Waals surface area contributed by atoms with E-state index < -0.39 is 40.2 Å². The van der Waals surface area contributed by atoms with E-state index in [1.54, 1.807) is 6.08 Å². The first-order valence-corrected chi connectivity index (χ1v) is 24.5. The first kappa shape index (κ1) is 42.5. The van der Waals surface area contributed by atoms with Gasteiger partial charge in [0.05, 0.1) is 35.9 Å². The summed E-state index contributed by atoms with van der Waals surface area (Å²) in [6, 6.07) is 0. The van der Waals surface area contributed by atoms with Crippen molar-refractivity contribution in [2.45, 2.75) is 167 Å². The fourth-order valence-electron chi connectivity index (χ4n) is 6.21. The summed E-state index contributed by atoms with van der Waals surface area (Å²) in [6.45, 7) is 29.3. The molecule has 4 bridgehead atoms. The van der Waals surface area contributed by atoms with Crippen molar-refractivity contribution >= 4 is 28.9 Å². The summed E-state index contributed by atoms with van der Waals surface area (Å²) in [6.07, 6.45) is 20.4. The Kier molecular flexibility index (Phi) is 14.7. The Hall–Kier alpha value is -1.89. The maximum absolute atomic E-state index is 13.3. The van der Waals surface area contributed by atoms with Gasteiger partial charge in [-0.25, -0.2) is 4.79 Å². The highest BCUT2D eigenvalue weighted by Crippen LogP contribution is 2.44. The number of carbonyl (C=O) groups is 2. The molecule has 0 N–H and O–H groups in total. The van der Waals surface area contributed by atoms with Gasteiger partial charge in [0.15, 0.2) is 16.6 Å². The molecule has 3 rings (SSSR count). The normalized spacial score (nSPS) is 35.9. The fourth-order valence-corrected chi connectivity index (χ4v) is 8.73. The topological polar surface area (TPSA) is 80.3 Å². The van der Waals surface area contributed by atoms with Crippen LogP contribution in [0.15, 0.2) is 60.3 Å². The van der Waals surface area contributed by atoms with E-state index in [0.717, 1.165) is 18.3 Å². The van der Waals surface area contributed by atoms with Gasteiger partial charge < -0.3 is 27.9 Å². The SMILES string of the molecule is CC1=C/[C@@H]2O[C@H](C/C=C\C=C/C(=O)O[C@H]3C[C@H](/C=C\C/C=C\1)O[C@H](CC=O)[C@@]3(C)CO[Si](C)(C)C(C)(C)C)C[C@@H](O[Si](C)(C)C(C)(C)C)[C@@H]2C. The van der Waals surface area contributed by atoms with Crippen LogP contribution in [-0.2, 0) is 32.7 Å². The van der Waals surface area contributed by atoms with Crippen LogP contribution in [0.25, 0.3) is 0 Å². The summed E-state index contributed by atoms with van der Waals surface area (Å²) in [4.78, 5) is 25.2. The van der Waals surface area contributed by atoms with Gasteiger partial charge in [-0.05, 0) is 62.5 Å². The van der Waals surface area contributed by atoms with Crippen molar-refractivity contribution in [1.82, 2.24) is 0 Å². The standard InChI is InChI=1S/C41H68O7Si2/c1-30-20-16-14-17-22-33-28-37(41(9,36(46-33)24-25-42)29-44-49(10,11)39(3,4)5)47-38(43)23-19-15-18-21-32-27-35(31(2)34(26-30)45-32)48-50(12,13)40(6,7)8/h15-20,22-23,25-26,31-37H,14,21,24,27-29H2,1-13H3/b18-15-,20-16-,22-17-,23-19-,30-26-/t31-,32-,33+,34+,35-,36-,37+,41-/m1/s1. The summed E-state index contributed by atoms with van der Waals surface area (Å²) >= 11 is 0. The van der Waals surface area contributed by atoms with Crippen LogP contribution in [-0.4, -0.2) is 72.1 Å². The van der Waals surface area contributed by atoms with Crippen LogP contribution in [0.4, 0.5) is 0 Å². The molecular formula is C41H68O7Si2. The quantitative estimate of drug-likeness (QED) is 0.112. The Morgan fingerprint density at radius 1 is 0.940 bits per heavy atom. The lowest BCUT2D eigenvalue weighted by molar-refractivity contribution is -0.198. The van der Waals surface area contributed by atoms with E-state index >= 15 is 0 Å². The summed E-state index contributed by atoms with van der Waals surface area (Å²) in [7, 11) is -4.12. The molecule has 0 aliphatic carbocycles. The van der Waals surface area contributed by atoms with Crippen LogP contribution in [0, 0.1) is 11.3 Å². The number of allylic oxidation sites excluding steroid dienone is 6. The number of aldehydes is 1. The molecule has 282 valence electrons. The molecule has 0 amide bonds. The van der Waals surface area contributed by atoms with Gasteiger partial charge in [-0.2, -0.15) is 0 Å². The predicted molar refractivity (Wildman–Crippen MR) is 209 cm³/mol. The zero-order valence-corrected chi connectivity index (χ0v) is 35.4. The van der Waals surface area contributed by atoms with Gasteiger partial charge in [0.1, 0.15) is 12.4 Å². The van der Waals surface area contributed by atoms with Gasteiger partial charge in [0.25, 0.3) is 0 Å². The zero-order chi connectivity index (χ0) is 37.5. The number of hydrogen-bond acceptors (Lipinski definition) is 7. The molecule has 2 saturated heterocycles. The molecule has 3 aliphatic heterocycles. The third-order valence-electron chi connectivity index (χ3n) is 11.9. The number of esters is 1. The van der Waals surface area contributed by atoms with Crippen LogP contribution in [0.1, 0.15) is 94.4 Å². The van der Waals surface area contributed by atoms with Gasteiger partial charge >= 0.3 is 5.97 Å². The maximum Gasteiger partial charge on any atom is 0.331 e. The lowest BCUT2D eigenvalue weighted by Crippen LogP contribution is -2.57. The van der Waals surface area contributed by atoms with Crippen molar-refractivity contribution in [2.75, 3.05) is 6.61 Å². The molecule has 0 spiro atoms. The highest BCUT2D eigenvalue weighted by Gasteiger charge is 2.51. The number of carbonyl (C=O) groups excluding carboxylic acids is 2. The maximum atomic E-state index is 13.3. The van der Waals surface area contributed by atoms with Gasteiger partial charge in [-0.3, -0.25) is 0 Å². The molecule has 0 aromatic carbocycles. The van der Waals surface area contributed by atoms with E-state index in [9.17, 15) is 9.59 Å². The summed E-state index contributed by atoms with van der Waals surface area (Å²) in [5.74, 6) is -0.204. The molecule has 7 nitrogen and oxygen atoms in total. The predicted octanol–water partition coefficient (Wildman–Crippen LogP) is 9.82. The van der Waals surface area contributed by atoms with Crippen molar-refractivity contribution in [3.05, 3.63) is 60.3 Å². The molecular weight excluding hydrogens is 661 g/mol. The Balaban J connectivity index is 1.92. The number of hydrogen-bond donors (Lipinski definition) is 0. The molecule has 0 saturated carbocycles. The molecule has 0 unspecified atom stereocenters. The van der Waals surface area contributed by atoms with E-state index in [1.165, 1.54) is 6.08 Å². The first-order valence-electron chi connectivity index (χ1n) is 18.7. The van der Waals surface area contributed by atoms with Crippen molar-refractivity contribution in [3.63, 3.8) is 0 Å². The van der Waals surface area contributed by atoms with Gasteiger partial charge in [0.2, 0.25) is 0 Å². The minimum absolute atomic E-state index is 0.000314. The molecule has 3 aliphatic rings. The Morgan fingerprint density at radius 2 is 1.62 bits per heavy atom. The highest BCUT2D eigenvalue weighted by atomic mass is 28.4. The first-order chi connectivity index (χ1) is 23.1. The highest BCUT2D eigenvalue weighted by molar-refractivity contribution is 6.74. The van der Waals surface area contributed by atoms with Gasteiger partial charge in [-0.15, -0.1) is 0 Å². The van der Waals surface area contributed by atoms with Crippen LogP contribution < -0.4 is 0 Å². The zero-order valence-electron chi connectivity index (χ0n) is 33.4. The molecule has 8 atom stereocenters. The van der Waals surface area contributed by atoms with Gasteiger partial charge in [0, 0.05) is 31.4 Å². The van der Waals surface area contributed by atoms with E-state index in [1.807, 2.05) is 19.1 Å². The van der Waals surface area contributed by atoms with Gasteiger partial charge in [-0.1, -0.05) is 110 Å². The Morgan fingerprint density at radius 3 is 2.26 bits per heavy atom. The lowest BCUT2D eigenvalue weighted by atomic mass is 9.73. The molecule has 0 aromatic heterocycles. The lowest BCUT2D eigenvalue weighted by Gasteiger charge is -2.49. The van der Waals surface area contributed by atoms with Crippen LogP contribution in [0.3, 0.4) is 0 Å². The number of rotatable bonds is 7. The van der Waals surface area contributed by atoms with E-state index in [-0.39, 0.29) is 46.8 Å². The number of ether oxygens (including phenoxy) is 3. The average Bonchev–Trinajstić information content (AvgIpc) is 2.98. The van der Waals surface area contributed by atoms with Crippen molar-refractivity contribution in [2.24, 2.45) is 11.3 Å². The fraction of sp³-hybridized carbons (Fsp3) is 0.707. The Labute approximate surface area is 306 Å². The second-order valence-corrected chi connectivity index (χ2v) is 27.6. The van der Waals surface area contributed by atoms with Crippen molar-refractivity contribution in [1.29, 1.82) is 0 Å². The summed E-state index contributed by atoms with van der Waals surface area (Å²) in [5.41, 5.74) is 0.452. The molecule has 0 radical (unpaired) electrons. The minimum Gasteiger partial charge on any atom is -0.458 e. The van der Waals surface area contributed by atoms with Crippen LogP contribution in [0.5, 0.6) is 0 Å². The molecule has 0 aromatic rings. The minimum atomic E-state index is -2.13. The summed E-state index contributed by atoms with van der Waals surface area (Å²) < 4.78 is 33.1. The van der Waals surface area contributed by atoms with E-state index in [2.05, 4.69) is 112 Å². The molecule has 2 fully saturated rings. The molecule has 9 heteroatoms. The van der Waals surface area contributed by atoms with E-state index in [0.29, 0.717) is 25.9 Å². The Bertz CT molecular complexity index is 1300. The number of fused-ring (bicyclic) bond motifs is 4. The van der Waals surface area contributed by atoms with Crippen LogP contribution in [0.2, 0.25) is 36.3 Å². The average molecular weight is 729 g/mol. The third kappa shape index (κ3) is 11.3.